The van der Waals surface area contributed by atoms with Gasteiger partial charge in [0.25, 0.3) is 11.6 Å². The maximum Gasteiger partial charge on any atom is 0.326 e. The smallest absolute Gasteiger partial charge is 0.326 e. The van der Waals surface area contributed by atoms with E-state index in [1.165, 1.54) is 12.1 Å². The van der Waals surface area contributed by atoms with Gasteiger partial charge >= 0.3 is 5.97 Å². The third-order valence-corrected chi connectivity index (χ3v) is 2.91. The molecule has 0 saturated carbocycles. The molecule has 20 heavy (non-hydrogen) atoms. The molecule has 0 radical (unpaired) electrons. The molecule has 0 spiro atoms. The Morgan fingerprint density at radius 2 is 2.15 bits per heavy atom. The summed E-state index contributed by atoms with van der Waals surface area (Å²) in [5.41, 5.74) is -0.412. The van der Waals surface area contributed by atoms with Crippen LogP contribution in [0.1, 0.15) is 30.1 Å². The van der Waals surface area contributed by atoms with Gasteiger partial charge in [0.15, 0.2) is 0 Å². The molecular formula is C12H13ClN2O5. The Morgan fingerprint density at radius 1 is 1.50 bits per heavy atom. The number of carboxylic acids is 1. The third-order valence-electron chi connectivity index (χ3n) is 2.59. The number of amides is 1. The molecule has 1 atom stereocenters. The molecule has 0 aliphatic rings. The molecule has 1 rings (SSSR count). The van der Waals surface area contributed by atoms with Crippen molar-refractivity contribution in [3.8, 4) is 0 Å². The lowest BCUT2D eigenvalue weighted by atomic mass is 10.1. The molecule has 0 heterocycles. The Labute approximate surface area is 119 Å². The fourth-order valence-corrected chi connectivity index (χ4v) is 1.77. The van der Waals surface area contributed by atoms with Crippen molar-refractivity contribution in [3.63, 3.8) is 0 Å². The van der Waals surface area contributed by atoms with Crippen LogP contribution in [0.25, 0.3) is 0 Å². The first-order valence-electron chi connectivity index (χ1n) is 5.84. The van der Waals surface area contributed by atoms with Crippen molar-refractivity contribution in [3.05, 3.63) is 38.9 Å². The predicted octanol–water partition coefficient (Wildman–Crippen LogP) is 2.23. The number of rotatable bonds is 6. The molecule has 0 fully saturated rings. The number of carboxylic acid groups (broad SMARTS) is 1. The molecule has 7 nitrogen and oxygen atoms in total. The zero-order valence-corrected chi connectivity index (χ0v) is 11.4. The molecule has 0 bridgehead atoms. The number of nitrogens with zero attached hydrogens (tertiary/aromatic N) is 1. The van der Waals surface area contributed by atoms with Crippen LogP contribution < -0.4 is 5.32 Å². The third kappa shape index (κ3) is 3.92. The zero-order chi connectivity index (χ0) is 15.3. The highest BCUT2D eigenvalue weighted by atomic mass is 35.5. The van der Waals surface area contributed by atoms with Gasteiger partial charge in [0.1, 0.15) is 11.1 Å². The minimum Gasteiger partial charge on any atom is -0.480 e. The maximum atomic E-state index is 11.9. The van der Waals surface area contributed by atoms with Crippen LogP contribution >= 0.6 is 11.6 Å². The van der Waals surface area contributed by atoms with E-state index >= 15 is 0 Å². The lowest BCUT2D eigenvalue weighted by molar-refractivity contribution is -0.384. The van der Waals surface area contributed by atoms with Crippen molar-refractivity contribution < 1.29 is 19.6 Å². The molecule has 1 aromatic rings. The number of nitro groups is 1. The van der Waals surface area contributed by atoms with Crippen LogP contribution in [0.5, 0.6) is 0 Å². The molecule has 1 amide bonds. The van der Waals surface area contributed by atoms with Gasteiger partial charge in [-0.3, -0.25) is 14.9 Å². The van der Waals surface area contributed by atoms with Crippen molar-refractivity contribution in [1.82, 2.24) is 5.32 Å². The normalized spacial score (nSPS) is 11.7. The Morgan fingerprint density at radius 3 is 2.65 bits per heavy atom. The van der Waals surface area contributed by atoms with E-state index in [-0.39, 0.29) is 17.0 Å². The molecule has 0 aliphatic heterocycles. The average molecular weight is 301 g/mol. The molecule has 1 aromatic carbocycles. The van der Waals surface area contributed by atoms with Gasteiger partial charge in [-0.25, -0.2) is 4.79 Å². The number of carbonyl (C=O) groups excluding carboxylic acids is 1. The van der Waals surface area contributed by atoms with Crippen molar-refractivity contribution in [2.75, 3.05) is 0 Å². The fraction of sp³-hybridized carbons (Fsp3) is 0.333. The number of carbonyl (C=O) groups is 2. The van der Waals surface area contributed by atoms with Crippen molar-refractivity contribution >= 4 is 29.2 Å². The number of hydrogen-bond donors (Lipinski definition) is 2. The van der Waals surface area contributed by atoms with Gasteiger partial charge in [-0.1, -0.05) is 24.9 Å². The molecule has 0 aliphatic carbocycles. The van der Waals surface area contributed by atoms with Gasteiger partial charge < -0.3 is 10.4 Å². The van der Waals surface area contributed by atoms with Crippen LogP contribution in [0, 0.1) is 10.1 Å². The SMILES string of the molecule is CCC[C@@H](NC(=O)c1ccc(Cl)c([N+](=O)[O-])c1)C(=O)O. The van der Waals surface area contributed by atoms with Crippen molar-refractivity contribution in [1.29, 1.82) is 0 Å². The van der Waals surface area contributed by atoms with Gasteiger partial charge in [-0.15, -0.1) is 0 Å². The minimum atomic E-state index is -1.15. The van der Waals surface area contributed by atoms with Gasteiger partial charge in [-0.05, 0) is 18.6 Å². The first-order chi connectivity index (χ1) is 9.36. The van der Waals surface area contributed by atoms with Gasteiger partial charge in [0.05, 0.1) is 4.92 Å². The Hall–Kier alpha value is -2.15. The van der Waals surface area contributed by atoms with Crippen LogP contribution in [0.4, 0.5) is 5.69 Å². The monoisotopic (exact) mass is 300 g/mol. The first kappa shape index (κ1) is 15.9. The second-order valence-corrected chi connectivity index (χ2v) is 4.48. The van der Waals surface area contributed by atoms with E-state index in [9.17, 15) is 19.7 Å². The molecule has 108 valence electrons. The van der Waals surface area contributed by atoms with E-state index in [4.69, 9.17) is 16.7 Å². The van der Waals surface area contributed by atoms with E-state index in [2.05, 4.69) is 5.32 Å². The molecule has 0 unspecified atom stereocenters. The molecular weight excluding hydrogens is 288 g/mol. The maximum absolute atomic E-state index is 11.9. The molecule has 8 heteroatoms. The predicted molar refractivity (Wildman–Crippen MR) is 71.9 cm³/mol. The van der Waals surface area contributed by atoms with E-state index in [0.717, 1.165) is 6.07 Å². The van der Waals surface area contributed by atoms with Gasteiger partial charge in [0, 0.05) is 11.6 Å². The summed E-state index contributed by atoms with van der Waals surface area (Å²) in [6.45, 7) is 1.79. The van der Waals surface area contributed by atoms with Crippen LogP contribution in [-0.2, 0) is 4.79 Å². The summed E-state index contributed by atoms with van der Waals surface area (Å²) in [7, 11) is 0. The number of hydrogen-bond acceptors (Lipinski definition) is 4. The summed E-state index contributed by atoms with van der Waals surface area (Å²) in [5.74, 6) is -1.84. The average Bonchev–Trinajstić information content (AvgIpc) is 2.38. The van der Waals surface area contributed by atoms with Crippen LogP contribution in [0.2, 0.25) is 5.02 Å². The summed E-state index contributed by atoms with van der Waals surface area (Å²) in [6, 6.07) is 2.52. The lowest BCUT2D eigenvalue weighted by Crippen LogP contribution is -2.40. The fourth-order valence-electron chi connectivity index (χ4n) is 1.58. The highest BCUT2D eigenvalue weighted by Gasteiger charge is 2.21. The summed E-state index contributed by atoms with van der Waals surface area (Å²) >= 11 is 5.63. The lowest BCUT2D eigenvalue weighted by Gasteiger charge is -2.13. The number of nitro benzene ring substituents is 1. The zero-order valence-electron chi connectivity index (χ0n) is 10.6. The topological polar surface area (TPSA) is 110 Å². The van der Waals surface area contributed by atoms with E-state index in [1.54, 1.807) is 6.92 Å². The Kier molecular flexibility index (Phi) is 5.45. The Balaban J connectivity index is 2.95. The summed E-state index contributed by atoms with van der Waals surface area (Å²) in [5, 5.41) is 21.9. The summed E-state index contributed by atoms with van der Waals surface area (Å²) < 4.78 is 0. The minimum absolute atomic E-state index is 0.0107. The van der Waals surface area contributed by atoms with Crippen LogP contribution in [-0.4, -0.2) is 27.9 Å². The quantitative estimate of drug-likeness (QED) is 0.618. The van der Waals surface area contributed by atoms with Crippen LogP contribution in [0.3, 0.4) is 0 Å². The summed E-state index contributed by atoms with van der Waals surface area (Å²) in [4.78, 5) is 32.8. The van der Waals surface area contributed by atoms with E-state index in [1.807, 2.05) is 0 Å². The Bertz CT molecular complexity index is 547. The van der Waals surface area contributed by atoms with Crippen molar-refractivity contribution in [2.45, 2.75) is 25.8 Å². The molecule has 2 N–H and O–H groups in total. The van der Waals surface area contributed by atoms with E-state index in [0.29, 0.717) is 6.42 Å². The van der Waals surface area contributed by atoms with Crippen molar-refractivity contribution in [2.24, 2.45) is 0 Å². The molecule has 0 saturated heterocycles. The highest BCUT2D eigenvalue weighted by Crippen LogP contribution is 2.25. The number of aliphatic carboxylic acids is 1. The van der Waals surface area contributed by atoms with E-state index < -0.39 is 28.5 Å². The second kappa shape index (κ2) is 6.85. The van der Waals surface area contributed by atoms with Gasteiger partial charge in [-0.2, -0.15) is 0 Å². The standard InChI is InChI=1S/C12H13ClN2O5/c1-2-3-9(12(17)18)14-11(16)7-4-5-8(13)10(6-7)15(19)20/h4-6,9H,2-3H2,1H3,(H,14,16)(H,17,18)/t9-/m1/s1. The largest absolute Gasteiger partial charge is 0.480 e. The first-order valence-corrected chi connectivity index (χ1v) is 6.22. The summed E-state index contributed by atoms with van der Waals surface area (Å²) in [6.07, 6.45) is 0.856. The second-order valence-electron chi connectivity index (χ2n) is 4.08. The van der Waals surface area contributed by atoms with Crippen LogP contribution in [0.15, 0.2) is 18.2 Å². The molecule has 0 aromatic heterocycles. The number of halogens is 1. The highest BCUT2D eigenvalue weighted by molar-refractivity contribution is 6.32. The number of benzene rings is 1. The van der Waals surface area contributed by atoms with Gasteiger partial charge in [0.2, 0.25) is 0 Å². The number of nitrogens with one attached hydrogen (secondary N) is 1.